The third kappa shape index (κ3) is 5.25. The van der Waals surface area contributed by atoms with E-state index < -0.39 is 11.6 Å². The van der Waals surface area contributed by atoms with Crippen molar-refractivity contribution in [3.8, 4) is 11.5 Å². The monoisotopic (exact) mass is 442 g/mol. The number of rotatable bonds is 7. The minimum absolute atomic E-state index is 0.0140. The SMILES string of the molecule is COc1ccc(Cc2cnc([C@H]3CCCN(C(=O)COc4ccc(F)cc4F)C3)o2)cc1. The lowest BCUT2D eigenvalue weighted by atomic mass is 9.98. The van der Waals surface area contributed by atoms with Crippen molar-refractivity contribution in [2.24, 2.45) is 0 Å². The van der Waals surface area contributed by atoms with E-state index in [1.165, 1.54) is 6.07 Å². The van der Waals surface area contributed by atoms with Crippen LogP contribution in [-0.4, -0.2) is 42.6 Å². The molecule has 8 heteroatoms. The third-order valence-corrected chi connectivity index (χ3v) is 5.48. The molecule has 168 valence electrons. The number of carbonyl (C=O) groups is 1. The van der Waals surface area contributed by atoms with E-state index in [1.54, 1.807) is 18.2 Å². The topological polar surface area (TPSA) is 64.8 Å². The van der Waals surface area contributed by atoms with Gasteiger partial charge in [-0.15, -0.1) is 0 Å². The van der Waals surface area contributed by atoms with Gasteiger partial charge in [0, 0.05) is 25.6 Å². The molecule has 1 atom stereocenters. The first kappa shape index (κ1) is 21.8. The van der Waals surface area contributed by atoms with Gasteiger partial charge in [-0.3, -0.25) is 4.79 Å². The van der Waals surface area contributed by atoms with Gasteiger partial charge in [-0.1, -0.05) is 12.1 Å². The normalized spacial score (nSPS) is 16.1. The summed E-state index contributed by atoms with van der Waals surface area (Å²) in [6, 6.07) is 10.7. The van der Waals surface area contributed by atoms with Crippen molar-refractivity contribution in [2.75, 3.05) is 26.8 Å². The fourth-order valence-electron chi connectivity index (χ4n) is 3.77. The molecule has 32 heavy (non-hydrogen) atoms. The lowest BCUT2D eigenvalue weighted by molar-refractivity contribution is -0.134. The number of methoxy groups -OCH3 is 1. The highest BCUT2D eigenvalue weighted by Crippen LogP contribution is 2.28. The van der Waals surface area contributed by atoms with Crippen LogP contribution in [0, 0.1) is 11.6 Å². The van der Waals surface area contributed by atoms with Gasteiger partial charge >= 0.3 is 0 Å². The molecule has 1 aromatic heterocycles. The highest BCUT2D eigenvalue weighted by Gasteiger charge is 2.28. The lowest BCUT2D eigenvalue weighted by Crippen LogP contribution is -2.41. The fourth-order valence-corrected chi connectivity index (χ4v) is 3.77. The molecule has 3 aromatic rings. The summed E-state index contributed by atoms with van der Waals surface area (Å²) >= 11 is 0. The van der Waals surface area contributed by atoms with Crippen molar-refractivity contribution in [2.45, 2.75) is 25.2 Å². The number of ether oxygens (including phenoxy) is 2. The van der Waals surface area contributed by atoms with Crippen molar-refractivity contribution in [3.63, 3.8) is 0 Å². The molecule has 1 aliphatic rings. The third-order valence-electron chi connectivity index (χ3n) is 5.48. The van der Waals surface area contributed by atoms with Crippen LogP contribution in [0.2, 0.25) is 0 Å². The standard InChI is InChI=1S/C24H24F2N2O4/c1-30-19-7-4-16(5-8-19)11-20-13-27-24(32-20)17-3-2-10-28(14-17)23(29)15-31-22-9-6-18(25)12-21(22)26/h4-9,12-13,17H,2-3,10-11,14-15H2,1H3/t17-/m0/s1. The summed E-state index contributed by atoms with van der Waals surface area (Å²) in [4.78, 5) is 18.7. The average Bonchev–Trinajstić information content (AvgIpc) is 3.27. The Bertz CT molecular complexity index is 1070. The van der Waals surface area contributed by atoms with Gasteiger partial charge in [0.05, 0.1) is 19.2 Å². The Morgan fingerprint density at radius 3 is 2.78 bits per heavy atom. The van der Waals surface area contributed by atoms with E-state index in [4.69, 9.17) is 13.9 Å². The molecule has 1 saturated heterocycles. The number of amides is 1. The number of carbonyl (C=O) groups excluding carboxylic acids is 1. The van der Waals surface area contributed by atoms with E-state index >= 15 is 0 Å². The van der Waals surface area contributed by atoms with Crippen LogP contribution < -0.4 is 9.47 Å². The Hall–Kier alpha value is -3.42. The lowest BCUT2D eigenvalue weighted by Gasteiger charge is -2.31. The highest BCUT2D eigenvalue weighted by atomic mass is 19.1. The number of nitrogens with zero attached hydrogens (tertiary/aromatic N) is 2. The number of halogens is 2. The predicted octanol–water partition coefficient (Wildman–Crippen LogP) is 4.34. The Balaban J connectivity index is 1.33. The smallest absolute Gasteiger partial charge is 0.260 e. The van der Waals surface area contributed by atoms with Crippen LogP contribution in [0.1, 0.15) is 36.0 Å². The number of benzene rings is 2. The molecule has 1 amide bonds. The van der Waals surface area contributed by atoms with Crippen LogP contribution in [0.15, 0.2) is 53.1 Å². The number of piperidine rings is 1. The molecule has 1 fully saturated rings. The summed E-state index contributed by atoms with van der Waals surface area (Å²) in [7, 11) is 1.63. The molecule has 0 aliphatic carbocycles. The zero-order valence-electron chi connectivity index (χ0n) is 17.7. The van der Waals surface area contributed by atoms with E-state index in [0.29, 0.717) is 25.4 Å². The molecule has 0 spiro atoms. The Kier molecular flexibility index (Phi) is 6.68. The molecular formula is C24H24F2N2O4. The van der Waals surface area contributed by atoms with Crippen molar-refractivity contribution in [1.82, 2.24) is 9.88 Å². The van der Waals surface area contributed by atoms with Crippen LogP contribution in [0.5, 0.6) is 11.5 Å². The summed E-state index contributed by atoms with van der Waals surface area (Å²) in [5, 5.41) is 0. The summed E-state index contributed by atoms with van der Waals surface area (Å²) < 4.78 is 43.1. The number of likely N-dealkylation sites (tertiary alicyclic amines) is 1. The van der Waals surface area contributed by atoms with E-state index in [-0.39, 0.29) is 24.2 Å². The molecular weight excluding hydrogens is 418 g/mol. The largest absolute Gasteiger partial charge is 0.497 e. The number of oxazole rings is 1. The second-order valence-corrected chi connectivity index (χ2v) is 7.73. The minimum Gasteiger partial charge on any atom is -0.497 e. The zero-order chi connectivity index (χ0) is 22.5. The molecule has 2 heterocycles. The van der Waals surface area contributed by atoms with Crippen molar-refractivity contribution in [3.05, 3.63) is 77.5 Å². The van der Waals surface area contributed by atoms with Crippen molar-refractivity contribution in [1.29, 1.82) is 0 Å². The van der Waals surface area contributed by atoms with Gasteiger partial charge in [-0.05, 0) is 42.7 Å². The second kappa shape index (κ2) is 9.80. The maximum atomic E-state index is 13.7. The quantitative estimate of drug-likeness (QED) is 0.545. The fraction of sp³-hybridized carbons (Fsp3) is 0.333. The van der Waals surface area contributed by atoms with Gasteiger partial charge in [0.2, 0.25) is 0 Å². The molecule has 6 nitrogen and oxygen atoms in total. The molecule has 0 bridgehead atoms. The van der Waals surface area contributed by atoms with Gasteiger partial charge in [0.1, 0.15) is 17.3 Å². The van der Waals surface area contributed by atoms with Gasteiger partial charge < -0.3 is 18.8 Å². The van der Waals surface area contributed by atoms with Crippen LogP contribution in [0.4, 0.5) is 8.78 Å². The first-order chi connectivity index (χ1) is 15.5. The average molecular weight is 442 g/mol. The van der Waals surface area contributed by atoms with Gasteiger partial charge in [0.25, 0.3) is 5.91 Å². The molecule has 0 unspecified atom stereocenters. The van der Waals surface area contributed by atoms with Gasteiger partial charge in [0.15, 0.2) is 24.1 Å². The zero-order valence-corrected chi connectivity index (χ0v) is 17.7. The number of hydrogen-bond donors (Lipinski definition) is 0. The van der Waals surface area contributed by atoms with Gasteiger partial charge in [-0.2, -0.15) is 0 Å². The van der Waals surface area contributed by atoms with Crippen LogP contribution in [0.3, 0.4) is 0 Å². The summed E-state index contributed by atoms with van der Waals surface area (Å²) in [5.74, 6) is 0.203. The molecule has 2 aromatic carbocycles. The molecule has 0 N–H and O–H groups in total. The maximum Gasteiger partial charge on any atom is 0.260 e. The summed E-state index contributed by atoms with van der Waals surface area (Å²) in [5.41, 5.74) is 1.08. The van der Waals surface area contributed by atoms with Gasteiger partial charge in [-0.25, -0.2) is 13.8 Å². The highest BCUT2D eigenvalue weighted by molar-refractivity contribution is 5.78. The molecule has 1 aliphatic heterocycles. The molecule has 0 saturated carbocycles. The second-order valence-electron chi connectivity index (χ2n) is 7.73. The first-order valence-electron chi connectivity index (χ1n) is 10.4. The maximum absolute atomic E-state index is 13.7. The Morgan fingerprint density at radius 1 is 1.22 bits per heavy atom. The summed E-state index contributed by atoms with van der Waals surface area (Å²) in [6.07, 6.45) is 4.00. The summed E-state index contributed by atoms with van der Waals surface area (Å²) in [6.45, 7) is 0.726. The van der Waals surface area contributed by atoms with E-state index in [2.05, 4.69) is 4.98 Å². The first-order valence-corrected chi connectivity index (χ1v) is 10.4. The van der Waals surface area contributed by atoms with E-state index in [9.17, 15) is 13.6 Å². The van der Waals surface area contributed by atoms with E-state index in [0.717, 1.165) is 42.0 Å². The molecule has 0 radical (unpaired) electrons. The van der Waals surface area contributed by atoms with Crippen LogP contribution in [0.25, 0.3) is 0 Å². The van der Waals surface area contributed by atoms with Crippen molar-refractivity contribution >= 4 is 5.91 Å². The number of hydrogen-bond acceptors (Lipinski definition) is 5. The van der Waals surface area contributed by atoms with Crippen LogP contribution >= 0.6 is 0 Å². The predicted molar refractivity (Wildman–Crippen MR) is 113 cm³/mol. The van der Waals surface area contributed by atoms with Crippen LogP contribution in [-0.2, 0) is 11.2 Å². The minimum atomic E-state index is -0.835. The Labute approximate surface area is 184 Å². The van der Waals surface area contributed by atoms with Crippen molar-refractivity contribution < 1.29 is 27.5 Å². The Morgan fingerprint density at radius 2 is 2.03 bits per heavy atom. The molecule has 4 rings (SSSR count). The number of aromatic nitrogens is 1. The van der Waals surface area contributed by atoms with E-state index in [1.807, 2.05) is 24.3 Å².